The maximum atomic E-state index is 13.3. The van der Waals surface area contributed by atoms with E-state index in [1.165, 1.54) is 6.42 Å². The Morgan fingerprint density at radius 1 is 1.16 bits per heavy atom. The Morgan fingerprint density at radius 2 is 1.94 bits per heavy atom. The minimum absolute atomic E-state index is 0.127. The first-order valence-corrected chi connectivity index (χ1v) is 11.2. The van der Waals surface area contributed by atoms with Gasteiger partial charge in [-0.3, -0.25) is 9.59 Å². The number of carbonyl (C=O) groups is 1. The Bertz CT molecular complexity index is 1110. The van der Waals surface area contributed by atoms with Crippen molar-refractivity contribution in [3.8, 4) is 0 Å². The van der Waals surface area contributed by atoms with Crippen LogP contribution in [0.1, 0.15) is 52.0 Å². The number of fused-ring (bicyclic) bond motifs is 1. The molecule has 1 fully saturated rings. The monoisotopic (exact) mass is 422 g/mol. The van der Waals surface area contributed by atoms with Crippen LogP contribution in [0, 0.1) is 0 Å². The van der Waals surface area contributed by atoms with Crippen LogP contribution in [0.15, 0.2) is 41.3 Å². The molecular weight excluding hydrogens is 392 g/mol. The lowest BCUT2D eigenvalue weighted by Gasteiger charge is -2.27. The van der Waals surface area contributed by atoms with Crippen LogP contribution in [0.2, 0.25) is 0 Å². The summed E-state index contributed by atoms with van der Waals surface area (Å²) in [6, 6.07) is 9.62. The molecule has 0 spiro atoms. The highest BCUT2D eigenvalue weighted by atomic mass is 16.2. The molecule has 0 bridgehead atoms. The Labute approximate surface area is 181 Å². The first-order chi connectivity index (χ1) is 15.1. The maximum absolute atomic E-state index is 13.3. The van der Waals surface area contributed by atoms with Crippen molar-refractivity contribution in [1.29, 1.82) is 0 Å². The first kappa shape index (κ1) is 21.1. The second kappa shape index (κ2) is 9.32. The van der Waals surface area contributed by atoms with Gasteiger partial charge in [0.1, 0.15) is 5.82 Å². The molecule has 1 atom stereocenters. The van der Waals surface area contributed by atoms with Crippen LogP contribution >= 0.6 is 0 Å². The van der Waals surface area contributed by atoms with Crippen LogP contribution < -0.4 is 15.8 Å². The third kappa shape index (κ3) is 4.47. The van der Waals surface area contributed by atoms with Crippen molar-refractivity contribution in [2.75, 3.05) is 23.3 Å². The number of carbonyl (C=O) groups excluding carboxylic acids is 1. The molecule has 1 aliphatic rings. The Balaban J connectivity index is 1.56. The molecule has 1 unspecified atom stereocenters. The zero-order valence-corrected chi connectivity index (χ0v) is 18.3. The van der Waals surface area contributed by atoms with Crippen molar-refractivity contribution in [3.63, 3.8) is 0 Å². The van der Waals surface area contributed by atoms with E-state index >= 15 is 0 Å². The van der Waals surface area contributed by atoms with Gasteiger partial charge >= 0.3 is 0 Å². The highest BCUT2D eigenvalue weighted by Gasteiger charge is 2.19. The van der Waals surface area contributed by atoms with Gasteiger partial charge in [-0.25, -0.2) is 9.67 Å². The number of aryl methyl sites for hydroxylation is 1. The number of hydrogen-bond donors (Lipinski definition) is 1. The molecule has 0 saturated carbocycles. The predicted octanol–water partition coefficient (Wildman–Crippen LogP) is 3.58. The van der Waals surface area contributed by atoms with E-state index in [-0.39, 0.29) is 23.9 Å². The highest BCUT2D eigenvalue weighted by molar-refractivity contribution is 5.90. The summed E-state index contributed by atoms with van der Waals surface area (Å²) in [7, 11) is 0. The van der Waals surface area contributed by atoms with Gasteiger partial charge in [-0.1, -0.05) is 19.1 Å². The fraction of sp³-hybridized carbons (Fsp3) is 0.478. The van der Waals surface area contributed by atoms with Crippen molar-refractivity contribution in [2.24, 2.45) is 0 Å². The number of amides is 1. The zero-order valence-electron chi connectivity index (χ0n) is 18.3. The fourth-order valence-electron chi connectivity index (χ4n) is 4.07. The molecule has 3 heterocycles. The van der Waals surface area contributed by atoms with E-state index in [2.05, 4.69) is 34.1 Å². The molecule has 0 aliphatic carbocycles. The molecule has 31 heavy (non-hydrogen) atoms. The van der Waals surface area contributed by atoms with Crippen LogP contribution in [0.3, 0.4) is 0 Å². The van der Waals surface area contributed by atoms with E-state index in [9.17, 15) is 9.59 Å². The van der Waals surface area contributed by atoms with Gasteiger partial charge in [0, 0.05) is 32.1 Å². The second-order valence-corrected chi connectivity index (χ2v) is 8.15. The highest BCUT2D eigenvalue weighted by Crippen LogP contribution is 2.19. The summed E-state index contributed by atoms with van der Waals surface area (Å²) in [6.45, 7) is 6.14. The van der Waals surface area contributed by atoms with Gasteiger partial charge in [-0.15, -0.1) is 0 Å². The summed E-state index contributed by atoms with van der Waals surface area (Å²) in [6.07, 6.45) is 6.13. The van der Waals surface area contributed by atoms with E-state index in [4.69, 9.17) is 0 Å². The maximum Gasteiger partial charge on any atom is 0.294 e. The minimum atomic E-state index is -0.141. The third-order valence-corrected chi connectivity index (χ3v) is 6.00. The quantitative estimate of drug-likeness (QED) is 0.629. The molecule has 2 aromatic heterocycles. The SMILES string of the molecule is CCC(C)n1nccc1NC(=O)CCn1c(=O)c(N2CCCCC2)nc2ccccc21. The Kier molecular flexibility index (Phi) is 6.34. The fourth-order valence-corrected chi connectivity index (χ4v) is 4.07. The van der Waals surface area contributed by atoms with Crippen LogP contribution in [-0.4, -0.2) is 38.3 Å². The zero-order chi connectivity index (χ0) is 21.8. The number of nitrogens with one attached hydrogen (secondary N) is 1. The number of nitrogens with zero attached hydrogens (tertiary/aromatic N) is 5. The molecule has 1 aromatic carbocycles. The average Bonchev–Trinajstić information content (AvgIpc) is 3.26. The van der Waals surface area contributed by atoms with Crippen molar-refractivity contribution < 1.29 is 4.79 Å². The molecule has 0 radical (unpaired) electrons. The molecular formula is C23H30N6O2. The van der Waals surface area contributed by atoms with Gasteiger partial charge < -0.3 is 14.8 Å². The number of aromatic nitrogens is 4. The number of para-hydroxylation sites is 2. The van der Waals surface area contributed by atoms with Gasteiger partial charge in [0.15, 0.2) is 5.82 Å². The number of rotatable bonds is 7. The average molecular weight is 423 g/mol. The van der Waals surface area contributed by atoms with Crippen molar-refractivity contribution >= 4 is 28.6 Å². The van der Waals surface area contributed by atoms with E-state index in [1.807, 2.05) is 28.9 Å². The van der Waals surface area contributed by atoms with Gasteiger partial charge in [0.25, 0.3) is 5.56 Å². The largest absolute Gasteiger partial charge is 0.352 e. The smallest absolute Gasteiger partial charge is 0.294 e. The van der Waals surface area contributed by atoms with Crippen LogP contribution in [0.5, 0.6) is 0 Å². The summed E-state index contributed by atoms with van der Waals surface area (Å²) in [5, 5.41) is 7.25. The lowest BCUT2D eigenvalue weighted by atomic mass is 10.1. The molecule has 8 heteroatoms. The summed E-state index contributed by atoms with van der Waals surface area (Å²) in [5.41, 5.74) is 1.40. The normalized spacial score (nSPS) is 15.2. The number of benzene rings is 1. The molecule has 1 aliphatic heterocycles. The molecule has 164 valence electrons. The molecule has 1 saturated heterocycles. The number of anilines is 2. The Morgan fingerprint density at radius 3 is 2.71 bits per heavy atom. The summed E-state index contributed by atoms with van der Waals surface area (Å²) < 4.78 is 3.51. The molecule has 1 N–H and O–H groups in total. The second-order valence-electron chi connectivity index (χ2n) is 8.15. The first-order valence-electron chi connectivity index (χ1n) is 11.2. The lowest BCUT2D eigenvalue weighted by molar-refractivity contribution is -0.116. The van der Waals surface area contributed by atoms with E-state index in [0.717, 1.165) is 43.4 Å². The predicted molar refractivity (Wildman–Crippen MR) is 123 cm³/mol. The third-order valence-electron chi connectivity index (χ3n) is 6.00. The number of piperidine rings is 1. The Hall–Kier alpha value is -3.16. The van der Waals surface area contributed by atoms with E-state index in [0.29, 0.717) is 18.2 Å². The van der Waals surface area contributed by atoms with Crippen LogP contribution in [0.4, 0.5) is 11.6 Å². The van der Waals surface area contributed by atoms with Crippen molar-refractivity contribution in [3.05, 3.63) is 46.9 Å². The van der Waals surface area contributed by atoms with E-state index < -0.39 is 0 Å². The molecule has 4 rings (SSSR count). The summed E-state index contributed by atoms with van der Waals surface area (Å²) in [5.74, 6) is 1.03. The topological polar surface area (TPSA) is 85.0 Å². The standard InChI is InChI=1S/C23H30N6O2/c1-3-17(2)29-20(11-13-24-29)26-21(30)12-16-28-19-10-6-5-9-18(19)25-22(23(28)31)27-14-7-4-8-15-27/h5-6,9-11,13,17H,3-4,7-8,12,14-16H2,1-2H3,(H,26,30). The van der Waals surface area contributed by atoms with Crippen molar-refractivity contribution in [2.45, 2.75) is 58.5 Å². The van der Waals surface area contributed by atoms with Gasteiger partial charge in [0.2, 0.25) is 5.91 Å². The van der Waals surface area contributed by atoms with Gasteiger partial charge in [0.05, 0.1) is 23.3 Å². The van der Waals surface area contributed by atoms with Crippen LogP contribution in [0.25, 0.3) is 11.0 Å². The minimum Gasteiger partial charge on any atom is -0.352 e. The van der Waals surface area contributed by atoms with E-state index in [1.54, 1.807) is 16.8 Å². The molecule has 1 amide bonds. The number of hydrogen-bond acceptors (Lipinski definition) is 5. The van der Waals surface area contributed by atoms with Crippen LogP contribution in [-0.2, 0) is 11.3 Å². The summed E-state index contributed by atoms with van der Waals surface area (Å²) >= 11 is 0. The van der Waals surface area contributed by atoms with Crippen molar-refractivity contribution in [1.82, 2.24) is 19.3 Å². The molecule has 3 aromatic rings. The van der Waals surface area contributed by atoms with Gasteiger partial charge in [-0.2, -0.15) is 5.10 Å². The summed E-state index contributed by atoms with van der Waals surface area (Å²) in [4.78, 5) is 32.7. The molecule has 8 nitrogen and oxygen atoms in total. The van der Waals surface area contributed by atoms with Gasteiger partial charge in [-0.05, 0) is 44.7 Å². The lowest BCUT2D eigenvalue weighted by Crippen LogP contribution is -2.37.